The van der Waals surface area contributed by atoms with Crippen molar-refractivity contribution >= 4 is 33.5 Å². The average Bonchev–Trinajstić information content (AvgIpc) is 3.27. The summed E-state index contributed by atoms with van der Waals surface area (Å²) < 4.78 is 14.8. The molecule has 0 N–H and O–H groups in total. The highest BCUT2D eigenvalue weighted by Gasteiger charge is 2.31. The highest BCUT2D eigenvalue weighted by molar-refractivity contribution is 7.18. The highest BCUT2D eigenvalue weighted by Crippen LogP contribution is 2.36. The van der Waals surface area contributed by atoms with E-state index in [0.717, 1.165) is 28.1 Å². The van der Waals surface area contributed by atoms with Crippen molar-refractivity contribution < 1.29 is 9.18 Å². The van der Waals surface area contributed by atoms with E-state index in [2.05, 4.69) is 6.07 Å². The van der Waals surface area contributed by atoms with E-state index < -0.39 is 0 Å². The van der Waals surface area contributed by atoms with Crippen molar-refractivity contribution in [3.8, 4) is 0 Å². The zero-order chi connectivity index (χ0) is 17.2. The molecule has 0 bridgehead atoms. The molecule has 2 heterocycles. The monoisotopic (exact) mass is 352 g/mol. The minimum atomic E-state index is -0.323. The lowest BCUT2D eigenvalue weighted by Crippen LogP contribution is -2.28. The minimum absolute atomic E-state index is 0.00942. The molecule has 0 spiro atoms. The number of hydrogen-bond acceptors (Lipinski definition) is 3. The Kier molecular flexibility index (Phi) is 4.32. The molecule has 0 aliphatic carbocycles. The van der Waals surface area contributed by atoms with Gasteiger partial charge in [-0.3, -0.25) is 4.79 Å². The number of fused-ring (bicyclic) bond motifs is 1. The maximum atomic E-state index is 13.7. The van der Waals surface area contributed by atoms with E-state index in [1.165, 1.54) is 12.1 Å². The maximum absolute atomic E-state index is 13.7. The molecule has 3 nitrogen and oxygen atoms in total. The Hall–Kier alpha value is -2.53. The lowest BCUT2D eigenvalue weighted by Gasteiger charge is -2.21. The van der Waals surface area contributed by atoms with E-state index >= 15 is 0 Å². The molecule has 1 unspecified atom stereocenters. The molecule has 0 radical (unpaired) electrons. The zero-order valence-electron chi connectivity index (χ0n) is 13.6. The van der Waals surface area contributed by atoms with Crippen LogP contribution in [-0.2, 0) is 4.79 Å². The van der Waals surface area contributed by atoms with Crippen molar-refractivity contribution in [2.75, 3.05) is 6.54 Å². The van der Waals surface area contributed by atoms with Gasteiger partial charge in [0.1, 0.15) is 10.8 Å². The topological polar surface area (TPSA) is 33.2 Å². The molecule has 1 fully saturated rings. The van der Waals surface area contributed by atoms with Gasteiger partial charge >= 0.3 is 0 Å². The summed E-state index contributed by atoms with van der Waals surface area (Å²) in [6, 6.07) is 14.5. The highest BCUT2D eigenvalue weighted by atomic mass is 32.1. The largest absolute Gasteiger partial charge is 0.330 e. The maximum Gasteiger partial charge on any atom is 0.247 e. The Bertz CT molecular complexity index is 917. The molecule has 126 valence electrons. The van der Waals surface area contributed by atoms with Crippen LogP contribution in [0.5, 0.6) is 0 Å². The minimum Gasteiger partial charge on any atom is -0.330 e. The van der Waals surface area contributed by atoms with Gasteiger partial charge in [0.2, 0.25) is 5.91 Å². The summed E-state index contributed by atoms with van der Waals surface area (Å²) >= 11 is 1.64. The van der Waals surface area contributed by atoms with Crippen molar-refractivity contribution in [3.05, 3.63) is 71.0 Å². The van der Waals surface area contributed by atoms with Gasteiger partial charge < -0.3 is 4.90 Å². The van der Waals surface area contributed by atoms with E-state index in [4.69, 9.17) is 4.98 Å². The Labute approximate surface area is 149 Å². The van der Waals surface area contributed by atoms with E-state index in [-0.39, 0.29) is 17.8 Å². The molecule has 5 heteroatoms. The van der Waals surface area contributed by atoms with Crippen molar-refractivity contribution in [1.29, 1.82) is 0 Å². The van der Waals surface area contributed by atoms with Gasteiger partial charge in [-0.15, -0.1) is 11.3 Å². The molecule has 1 amide bonds. The number of rotatable bonds is 3. The third-order valence-corrected chi connectivity index (χ3v) is 5.58. The fourth-order valence-electron chi connectivity index (χ4n) is 3.19. The van der Waals surface area contributed by atoms with Gasteiger partial charge in [0.25, 0.3) is 0 Å². The lowest BCUT2D eigenvalue weighted by atomic mass is 10.2. The number of carbonyl (C=O) groups excluding carboxylic acids is 1. The second-order valence-electron chi connectivity index (χ2n) is 6.06. The van der Waals surface area contributed by atoms with Crippen LogP contribution in [0.25, 0.3) is 16.3 Å². The van der Waals surface area contributed by atoms with Crippen LogP contribution >= 0.6 is 11.3 Å². The molecular weight excluding hydrogens is 335 g/mol. The molecular formula is C20H17FN2OS. The number of nitrogens with zero attached hydrogens (tertiary/aromatic N) is 2. The van der Waals surface area contributed by atoms with Gasteiger partial charge in [-0.05, 0) is 37.1 Å². The molecule has 25 heavy (non-hydrogen) atoms. The molecule has 1 aromatic heterocycles. The van der Waals surface area contributed by atoms with E-state index in [1.54, 1.807) is 35.6 Å². The van der Waals surface area contributed by atoms with Crippen molar-refractivity contribution in [2.45, 2.75) is 18.9 Å². The summed E-state index contributed by atoms with van der Waals surface area (Å²) in [6.07, 6.45) is 4.88. The van der Waals surface area contributed by atoms with Crippen LogP contribution in [0.3, 0.4) is 0 Å². The number of para-hydroxylation sites is 1. The summed E-state index contributed by atoms with van der Waals surface area (Å²) in [7, 11) is 0. The van der Waals surface area contributed by atoms with Gasteiger partial charge in [-0.2, -0.15) is 0 Å². The fraction of sp³-hybridized carbons (Fsp3) is 0.200. The lowest BCUT2D eigenvalue weighted by molar-refractivity contribution is -0.126. The molecule has 2 aromatic carbocycles. The van der Waals surface area contributed by atoms with E-state index in [1.807, 2.05) is 23.1 Å². The van der Waals surface area contributed by atoms with E-state index in [9.17, 15) is 9.18 Å². The van der Waals surface area contributed by atoms with Crippen LogP contribution in [-0.4, -0.2) is 22.3 Å². The number of halogens is 1. The van der Waals surface area contributed by atoms with Crippen LogP contribution in [0, 0.1) is 5.82 Å². The van der Waals surface area contributed by atoms with Crippen LogP contribution < -0.4 is 0 Å². The third kappa shape index (κ3) is 3.20. The Morgan fingerprint density at radius 3 is 2.84 bits per heavy atom. The second-order valence-corrected chi connectivity index (χ2v) is 7.13. The van der Waals surface area contributed by atoms with Crippen molar-refractivity contribution in [3.63, 3.8) is 0 Å². The van der Waals surface area contributed by atoms with Crippen LogP contribution in [0.15, 0.2) is 54.6 Å². The molecule has 1 atom stereocenters. The predicted molar refractivity (Wildman–Crippen MR) is 98.7 cm³/mol. The normalized spacial score (nSPS) is 17.6. The van der Waals surface area contributed by atoms with Crippen molar-refractivity contribution in [1.82, 2.24) is 9.88 Å². The van der Waals surface area contributed by atoms with Gasteiger partial charge in [0, 0.05) is 18.2 Å². The number of hydrogen-bond donors (Lipinski definition) is 0. The number of carbonyl (C=O) groups is 1. The van der Waals surface area contributed by atoms with Gasteiger partial charge in [-0.25, -0.2) is 9.37 Å². The SMILES string of the molecule is O=C(C=Cc1ccccc1F)N1CCCC1c1nc2ccccc2s1. The van der Waals surface area contributed by atoms with Gasteiger partial charge in [0.05, 0.1) is 16.3 Å². The first kappa shape index (κ1) is 16.0. The average molecular weight is 352 g/mol. The number of likely N-dealkylation sites (tertiary alicyclic amines) is 1. The van der Waals surface area contributed by atoms with E-state index in [0.29, 0.717) is 12.1 Å². The Morgan fingerprint density at radius 2 is 2.00 bits per heavy atom. The molecule has 0 saturated carbocycles. The summed E-state index contributed by atoms with van der Waals surface area (Å²) in [6.45, 7) is 0.709. The van der Waals surface area contributed by atoms with Crippen molar-refractivity contribution in [2.24, 2.45) is 0 Å². The molecule has 4 rings (SSSR count). The van der Waals surface area contributed by atoms with Crippen LogP contribution in [0.4, 0.5) is 4.39 Å². The molecule has 1 aliphatic heterocycles. The van der Waals surface area contributed by atoms with Crippen LogP contribution in [0.1, 0.15) is 29.5 Å². The van der Waals surface area contributed by atoms with Crippen LogP contribution in [0.2, 0.25) is 0 Å². The summed E-state index contributed by atoms with van der Waals surface area (Å²) in [5.41, 5.74) is 1.40. The zero-order valence-corrected chi connectivity index (χ0v) is 14.4. The first-order valence-corrected chi connectivity index (χ1v) is 9.13. The van der Waals surface area contributed by atoms with Gasteiger partial charge in [0.15, 0.2) is 0 Å². The third-order valence-electron chi connectivity index (χ3n) is 4.44. The number of benzene rings is 2. The predicted octanol–water partition coefficient (Wildman–Crippen LogP) is 4.81. The smallest absolute Gasteiger partial charge is 0.247 e. The first-order valence-electron chi connectivity index (χ1n) is 8.31. The first-order chi connectivity index (χ1) is 12.2. The number of aromatic nitrogens is 1. The molecule has 1 saturated heterocycles. The fourth-order valence-corrected chi connectivity index (χ4v) is 4.30. The number of amides is 1. The molecule has 1 aliphatic rings. The summed E-state index contributed by atoms with van der Waals surface area (Å²) in [5.74, 6) is -0.416. The Balaban J connectivity index is 1.56. The summed E-state index contributed by atoms with van der Waals surface area (Å²) in [4.78, 5) is 19.2. The summed E-state index contributed by atoms with van der Waals surface area (Å²) in [5, 5.41) is 0.978. The second kappa shape index (κ2) is 6.76. The van der Waals surface area contributed by atoms with Gasteiger partial charge in [-0.1, -0.05) is 30.3 Å². The Morgan fingerprint density at radius 1 is 1.20 bits per heavy atom. The standard InChI is InChI=1S/C20H17FN2OS/c21-15-7-2-1-6-14(15)11-12-19(24)23-13-5-9-17(23)20-22-16-8-3-4-10-18(16)25-20/h1-4,6-8,10-12,17H,5,9,13H2. The molecule has 3 aromatic rings. The number of thiazole rings is 1. The quantitative estimate of drug-likeness (QED) is 0.634.